The minimum absolute atomic E-state index is 0.0304. The number of fused-ring (bicyclic) bond motifs is 5. The third kappa shape index (κ3) is 2.76. The van der Waals surface area contributed by atoms with Crippen LogP contribution in [0.3, 0.4) is 0 Å². The van der Waals surface area contributed by atoms with E-state index in [4.69, 9.17) is 0 Å². The summed E-state index contributed by atoms with van der Waals surface area (Å²) in [6.45, 7) is 0. The molecule has 0 fully saturated rings. The van der Waals surface area contributed by atoms with Crippen molar-refractivity contribution in [3.8, 4) is 0 Å². The van der Waals surface area contributed by atoms with Crippen LogP contribution < -0.4 is 10.4 Å². The van der Waals surface area contributed by atoms with Crippen LogP contribution in [0, 0.1) is 16.0 Å². The van der Waals surface area contributed by atoms with Gasteiger partial charge in [-0.2, -0.15) is 0 Å². The lowest BCUT2D eigenvalue weighted by Crippen LogP contribution is -2.30. The van der Waals surface area contributed by atoms with E-state index in [0.29, 0.717) is 0 Å². The molecule has 1 N–H and O–H groups in total. The first-order valence-corrected chi connectivity index (χ1v) is 9.47. The maximum Gasteiger partial charge on any atom is 0.269 e. The van der Waals surface area contributed by atoms with Crippen LogP contribution in [0.2, 0.25) is 0 Å². The van der Waals surface area contributed by atoms with Crippen molar-refractivity contribution < 1.29 is 14.8 Å². The van der Waals surface area contributed by atoms with Crippen LogP contribution in [0.25, 0.3) is 0 Å². The van der Waals surface area contributed by atoms with E-state index in [-0.39, 0.29) is 34.1 Å². The zero-order valence-corrected chi connectivity index (χ0v) is 15.4. The highest BCUT2D eigenvalue weighted by Crippen LogP contribution is 2.54. The van der Waals surface area contributed by atoms with Gasteiger partial charge in [-0.15, -0.1) is 0 Å². The number of nitrogens with zero attached hydrogens (tertiary/aromatic N) is 1. The van der Waals surface area contributed by atoms with Gasteiger partial charge in [-0.1, -0.05) is 48.5 Å². The third-order valence-corrected chi connectivity index (χ3v) is 6.10. The summed E-state index contributed by atoms with van der Waals surface area (Å²) < 4.78 is 0. The van der Waals surface area contributed by atoms with E-state index >= 15 is 0 Å². The molecule has 6 nitrogen and oxygen atoms in total. The van der Waals surface area contributed by atoms with E-state index in [2.05, 4.69) is 17.4 Å². The van der Waals surface area contributed by atoms with Crippen molar-refractivity contribution in [1.82, 2.24) is 0 Å². The number of hydrogen-bond acceptors (Lipinski definition) is 5. The third-order valence-electron chi connectivity index (χ3n) is 6.10. The van der Waals surface area contributed by atoms with Crippen LogP contribution in [0.4, 0.5) is 11.4 Å². The number of nitrogens with one attached hydrogen (secondary N) is 1. The second-order valence-electron chi connectivity index (χ2n) is 7.60. The lowest BCUT2D eigenvalue weighted by Gasteiger charge is -2.38. The number of nitro groups is 1. The smallest absolute Gasteiger partial charge is 0.269 e. The number of aromatic carboxylic acids is 1. The summed E-state index contributed by atoms with van der Waals surface area (Å²) in [5.41, 5.74) is 5.50. The number of carbonyl (C=O) groups excluding carboxylic acids is 1. The summed E-state index contributed by atoms with van der Waals surface area (Å²) in [7, 11) is 0. The lowest BCUT2D eigenvalue weighted by molar-refractivity contribution is -0.384. The molecule has 5 rings (SSSR count). The number of carboxylic acids is 1. The highest BCUT2D eigenvalue weighted by molar-refractivity contribution is 5.85. The highest BCUT2D eigenvalue weighted by atomic mass is 16.6. The van der Waals surface area contributed by atoms with Gasteiger partial charge in [0.1, 0.15) is 0 Å². The zero-order chi connectivity index (χ0) is 20.1. The molecule has 29 heavy (non-hydrogen) atoms. The molecule has 0 radical (unpaired) electrons. The Balaban J connectivity index is 1.64. The van der Waals surface area contributed by atoms with Gasteiger partial charge < -0.3 is 15.2 Å². The standard InChI is InChI=1S/C23H18N2O4/c26-23(27)14-7-5-13(6-8-14)22-19-11-15-3-1-2-4-17(15)21(19)18-12-16(25(28)29)9-10-20(18)24-22/h1-10,12,19,21-22,24H,11H2,(H,26,27)/p-1/t19-,21+,22-/m0/s1. The Labute approximate surface area is 167 Å². The molecule has 3 aromatic rings. The van der Waals surface area contributed by atoms with Crippen LogP contribution in [0.5, 0.6) is 0 Å². The summed E-state index contributed by atoms with van der Waals surface area (Å²) in [4.78, 5) is 22.1. The SMILES string of the molecule is O=C([O-])c1ccc([C@@H]2Nc3ccc([N+](=O)[O-])cc3[C@H]3c4ccccc4C[C@@H]32)cc1. The van der Waals surface area contributed by atoms with Crippen molar-refractivity contribution in [3.05, 3.63) is 105 Å². The molecule has 0 bridgehead atoms. The van der Waals surface area contributed by atoms with E-state index in [9.17, 15) is 20.0 Å². The van der Waals surface area contributed by atoms with Crippen LogP contribution in [-0.4, -0.2) is 10.9 Å². The van der Waals surface area contributed by atoms with Gasteiger partial charge in [-0.25, -0.2) is 0 Å². The van der Waals surface area contributed by atoms with E-state index < -0.39 is 5.97 Å². The maximum absolute atomic E-state index is 11.3. The normalized spacial score (nSPS) is 21.4. The molecule has 0 unspecified atom stereocenters. The van der Waals surface area contributed by atoms with E-state index in [1.165, 1.54) is 17.2 Å². The number of rotatable bonds is 3. The molecule has 1 aliphatic heterocycles. The van der Waals surface area contributed by atoms with Gasteiger partial charge in [0.05, 0.1) is 16.9 Å². The van der Waals surface area contributed by atoms with Crippen molar-refractivity contribution >= 4 is 17.3 Å². The fourth-order valence-electron chi connectivity index (χ4n) is 4.82. The second kappa shape index (κ2) is 6.44. The maximum atomic E-state index is 11.3. The summed E-state index contributed by atoms with van der Waals surface area (Å²) in [6.07, 6.45) is 0.850. The predicted molar refractivity (Wildman–Crippen MR) is 106 cm³/mol. The predicted octanol–water partition coefficient (Wildman–Crippen LogP) is 3.43. The molecule has 1 aliphatic carbocycles. The van der Waals surface area contributed by atoms with E-state index in [1.54, 1.807) is 24.3 Å². The quantitative estimate of drug-likeness (QED) is 0.550. The minimum Gasteiger partial charge on any atom is -0.545 e. The number of carboxylic acid groups (broad SMARTS) is 1. The van der Waals surface area contributed by atoms with Crippen LogP contribution in [0.15, 0.2) is 66.7 Å². The Hall–Kier alpha value is -3.67. The van der Waals surface area contributed by atoms with Gasteiger partial charge in [-0.05, 0) is 46.2 Å². The van der Waals surface area contributed by atoms with Crippen molar-refractivity contribution in [3.63, 3.8) is 0 Å². The van der Waals surface area contributed by atoms with Gasteiger partial charge in [0.15, 0.2) is 0 Å². The molecule has 3 aromatic carbocycles. The monoisotopic (exact) mass is 385 g/mol. The van der Waals surface area contributed by atoms with Crippen LogP contribution >= 0.6 is 0 Å². The number of non-ortho nitro benzene ring substituents is 1. The van der Waals surface area contributed by atoms with Crippen molar-refractivity contribution in [2.24, 2.45) is 5.92 Å². The molecule has 144 valence electrons. The van der Waals surface area contributed by atoms with Gasteiger partial charge in [0.2, 0.25) is 0 Å². The molecule has 0 amide bonds. The van der Waals surface area contributed by atoms with Gasteiger partial charge >= 0.3 is 0 Å². The molecule has 0 aromatic heterocycles. The Morgan fingerprint density at radius 3 is 2.48 bits per heavy atom. The molecule has 6 heteroatoms. The van der Waals surface area contributed by atoms with Crippen LogP contribution in [0.1, 0.15) is 44.6 Å². The molecule has 1 heterocycles. The minimum atomic E-state index is -1.20. The largest absolute Gasteiger partial charge is 0.545 e. The first-order valence-electron chi connectivity index (χ1n) is 9.47. The average molecular weight is 385 g/mol. The summed E-state index contributed by atoms with van der Waals surface area (Å²) in [5, 5.41) is 26.0. The average Bonchev–Trinajstić information content (AvgIpc) is 3.12. The Morgan fingerprint density at radius 1 is 1.00 bits per heavy atom. The molecule has 3 atom stereocenters. The first kappa shape index (κ1) is 17.4. The number of carbonyl (C=O) groups is 1. The second-order valence-corrected chi connectivity index (χ2v) is 7.60. The number of nitro benzene ring substituents is 1. The van der Waals surface area contributed by atoms with Crippen molar-refractivity contribution in [2.45, 2.75) is 18.4 Å². The lowest BCUT2D eigenvalue weighted by atomic mass is 9.75. The Morgan fingerprint density at radius 2 is 1.76 bits per heavy atom. The molecule has 2 aliphatic rings. The van der Waals surface area contributed by atoms with Gasteiger partial charge in [-0.3, -0.25) is 10.1 Å². The summed E-state index contributed by atoms with van der Waals surface area (Å²) in [5.74, 6) is -0.971. The van der Waals surface area contributed by atoms with Crippen molar-refractivity contribution in [2.75, 3.05) is 5.32 Å². The summed E-state index contributed by atoms with van der Waals surface area (Å²) in [6, 6.07) is 19.9. The number of benzene rings is 3. The van der Waals surface area contributed by atoms with E-state index in [0.717, 1.165) is 23.2 Å². The van der Waals surface area contributed by atoms with E-state index in [1.807, 2.05) is 24.3 Å². The fourth-order valence-corrected chi connectivity index (χ4v) is 4.82. The topological polar surface area (TPSA) is 95.3 Å². The first-order chi connectivity index (χ1) is 14.0. The fraction of sp³-hybridized carbons (Fsp3) is 0.174. The Kier molecular flexibility index (Phi) is 3.87. The molecular weight excluding hydrogens is 368 g/mol. The van der Waals surface area contributed by atoms with Crippen LogP contribution in [-0.2, 0) is 6.42 Å². The van der Waals surface area contributed by atoms with Crippen molar-refractivity contribution in [1.29, 1.82) is 0 Å². The number of hydrogen-bond donors (Lipinski definition) is 1. The Bertz CT molecular complexity index is 1140. The molecule has 0 spiro atoms. The summed E-state index contributed by atoms with van der Waals surface area (Å²) >= 11 is 0. The van der Waals surface area contributed by atoms with Gasteiger partial charge in [0.25, 0.3) is 5.69 Å². The van der Waals surface area contributed by atoms with Gasteiger partial charge in [0, 0.05) is 23.7 Å². The molecule has 0 saturated heterocycles. The molecule has 0 saturated carbocycles. The number of anilines is 1. The molecular formula is C23H17N2O4-. The zero-order valence-electron chi connectivity index (χ0n) is 15.4. The highest BCUT2D eigenvalue weighted by Gasteiger charge is 2.43.